The van der Waals surface area contributed by atoms with Crippen LogP contribution in [0.2, 0.25) is 0 Å². The molecule has 0 heterocycles. The standard InChI is InChI=1S/C18H30N2O3S.C2H6/c1-4-5-6-7-8-9-10-18(21)19-24(22,23)17-13-11-16(12-14-17)15-20(2)3;1-2/h11-14H,4-10,15H2,1-3H3,(H,19,21);1-2H3. The molecule has 0 radical (unpaired) electrons. The molecule has 1 aromatic carbocycles. The Balaban J connectivity index is 0.00000301. The van der Waals surface area contributed by atoms with Gasteiger partial charge in [0.15, 0.2) is 0 Å². The number of rotatable bonds is 11. The molecule has 0 aliphatic heterocycles. The molecular formula is C20H36N2O3S. The number of amides is 1. The van der Waals surface area contributed by atoms with Gasteiger partial charge < -0.3 is 4.90 Å². The van der Waals surface area contributed by atoms with Gasteiger partial charge in [0.2, 0.25) is 5.91 Å². The van der Waals surface area contributed by atoms with E-state index in [1.165, 1.54) is 19.3 Å². The molecule has 5 nitrogen and oxygen atoms in total. The summed E-state index contributed by atoms with van der Waals surface area (Å²) in [6.07, 6.45) is 6.62. The number of hydrogen-bond donors (Lipinski definition) is 1. The number of carbonyl (C=O) groups excluding carboxylic acids is 1. The van der Waals surface area contributed by atoms with Crippen LogP contribution in [0.3, 0.4) is 0 Å². The van der Waals surface area contributed by atoms with Gasteiger partial charge in [-0.25, -0.2) is 13.1 Å². The molecule has 0 fully saturated rings. The molecule has 1 amide bonds. The van der Waals surface area contributed by atoms with Crippen LogP contribution >= 0.6 is 0 Å². The predicted molar refractivity (Wildman–Crippen MR) is 109 cm³/mol. The lowest BCUT2D eigenvalue weighted by Gasteiger charge is -2.11. The van der Waals surface area contributed by atoms with Gasteiger partial charge in [0.25, 0.3) is 10.0 Å². The first-order chi connectivity index (χ1) is 12.3. The minimum atomic E-state index is -3.77. The topological polar surface area (TPSA) is 66.5 Å². The van der Waals surface area contributed by atoms with E-state index in [2.05, 4.69) is 11.6 Å². The molecule has 0 bridgehead atoms. The third kappa shape index (κ3) is 10.6. The number of nitrogens with one attached hydrogen (secondary N) is 1. The average molecular weight is 385 g/mol. The average Bonchev–Trinajstić information content (AvgIpc) is 2.59. The highest BCUT2D eigenvalue weighted by atomic mass is 32.2. The van der Waals surface area contributed by atoms with E-state index < -0.39 is 15.9 Å². The number of sulfonamides is 1. The molecule has 6 heteroatoms. The molecule has 0 aromatic heterocycles. The molecular weight excluding hydrogens is 348 g/mol. The first-order valence-electron chi connectivity index (χ1n) is 9.64. The summed E-state index contributed by atoms with van der Waals surface area (Å²) >= 11 is 0. The first kappa shape index (κ1) is 24.6. The fourth-order valence-corrected chi connectivity index (χ4v) is 3.48. The Kier molecular flexibility index (Phi) is 13.0. The van der Waals surface area contributed by atoms with Gasteiger partial charge in [0, 0.05) is 13.0 Å². The molecule has 0 unspecified atom stereocenters. The van der Waals surface area contributed by atoms with Crippen molar-refractivity contribution in [3.8, 4) is 0 Å². The minimum Gasteiger partial charge on any atom is -0.305 e. The zero-order chi connectivity index (χ0) is 20.0. The largest absolute Gasteiger partial charge is 0.305 e. The number of carbonyl (C=O) groups is 1. The maximum atomic E-state index is 12.2. The van der Waals surface area contributed by atoms with Crippen LogP contribution < -0.4 is 4.72 Å². The van der Waals surface area contributed by atoms with E-state index in [-0.39, 0.29) is 11.3 Å². The molecule has 0 aliphatic rings. The molecule has 1 rings (SSSR count). The summed E-state index contributed by atoms with van der Waals surface area (Å²) in [5.41, 5.74) is 1.03. The molecule has 0 saturated heterocycles. The second-order valence-corrected chi connectivity index (χ2v) is 8.11. The molecule has 0 saturated carbocycles. The zero-order valence-corrected chi connectivity index (χ0v) is 17.9. The van der Waals surface area contributed by atoms with Crippen molar-refractivity contribution < 1.29 is 13.2 Å². The van der Waals surface area contributed by atoms with Crippen LogP contribution in [0.25, 0.3) is 0 Å². The Labute approximate surface area is 160 Å². The molecule has 26 heavy (non-hydrogen) atoms. The smallest absolute Gasteiger partial charge is 0.264 e. The normalized spacial score (nSPS) is 11.0. The van der Waals surface area contributed by atoms with Crippen molar-refractivity contribution in [3.05, 3.63) is 29.8 Å². The lowest BCUT2D eigenvalue weighted by atomic mass is 10.1. The van der Waals surface area contributed by atoms with E-state index in [0.29, 0.717) is 0 Å². The van der Waals surface area contributed by atoms with E-state index >= 15 is 0 Å². The van der Waals surface area contributed by atoms with Crippen molar-refractivity contribution in [3.63, 3.8) is 0 Å². The SMILES string of the molecule is CC.CCCCCCCCC(=O)NS(=O)(=O)c1ccc(CN(C)C)cc1. The third-order valence-electron chi connectivity index (χ3n) is 3.74. The van der Waals surface area contributed by atoms with Crippen LogP contribution in [-0.2, 0) is 21.4 Å². The van der Waals surface area contributed by atoms with Gasteiger partial charge >= 0.3 is 0 Å². The minimum absolute atomic E-state index is 0.126. The van der Waals surface area contributed by atoms with Gasteiger partial charge in [-0.1, -0.05) is 65.0 Å². The lowest BCUT2D eigenvalue weighted by molar-refractivity contribution is -0.119. The van der Waals surface area contributed by atoms with Gasteiger partial charge in [-0.05, 0) is 38.2 Å². The van der Waals surface area contributed by atoms with Crippen molar-refractivity contribution in [2.75, 3.05) is 14.1 Å². The summed E-state index contributed by atoms with van der Waals surface area (Å²) in [6, 6.07) is 6.62. The number of unbranched alkanes of at least 4 members (excludes halogenated alkanes) is 5. The monoisotopic (exact) mass is 384 g/mol. The molecule has 1 aromatic rings. The second-order valence-electron chi connectivity index (χ2n) is 6.43. The molecule has 0 aliphatic carbocycles. The summed E-state index contributed by atoms with van der Waals surface area (Å²) in [4.78, 5) is 14.0. The fourth-order valence-electron chi connectivity index (χ4n) is 2.46. The van der Waals surface area contributed by atoms with E-state index in [1.54, 1.807) is 24.3 Å². The van der Waals surface area contributed by atoms with E-state index in [1.807, 2.05) is 32.8 Å². The number of nitrogens with zero attached hydrogens (tertiary/aromatic N) is 1. The van der Waals surface area contributed by atoms with Crippen molar-refractivity contribution in [2.24, 2.45) is 0 Å². The van der Waals surface area contributed by atoms with Crippen LogP contribution in [0.4, 0.5) is 0 Å². The van der Waals surface area contributed by atoms with E-state index in [4.69, 9.17) is 0 Å². The highest BCUT2D eigenvalue weighted by Crippen LogP contribution is 2.12. The molecule has 1 N–H and O–H groups in total. The Hall–Kier alpha value is -1.40. The van der Waals surface area contributed by atoms with Crippen LogP contribution in [0.5, 0.6) is 0 Å². The molecule has 0 atom stereocenters. The van der Waals surface area contributed by atoms with E-state index in [0.717, 1.165) is 31.4 Å². The maximum Gasteiger partial charge on any atom is 0.264 e. The summed E-state index contributed by atoms with van der Waals surface area (Å²) < 4.78 is 26.6. The highest BCUT2D eigenvalue weighted by Gasteiger charge is 2.17. The Morgan fingerprint density at radius 3 is 2.04 bits per heavy atom. The first-order valence-corrected chi connectivity index (χ1v) is 11.1. The Morgan fingerprint density at radius 1 is 0.962 bits per heavy atom. The number of benzene rings is 1. The van der Waals surface area contributed by atoms with E-state index in [9.17, 15) is 13.2 Å². The molecule has 150 valence electrons. The van der Waals surface area contributed by atoms with Crippen LogP contribution in [-0.4, -0.2) is 33.3 Å². The van der Waals surface area contributed by atoms with Crippen molar-refractivity contribution >= 4 is 15.9 Å². The Morgan fingerprint density at radius 2 is 1.50 bits per heavy atom. The maximum absolute atomic E-state index is 12.2. The van der Waals surface area contributed by atoms with Crippen LogP contribution in [0.15, 0.2) is 29.2 Å². The van der Waals surface area contributed by atoms with Crippen LogP contribution in [0, 0.1) is 0 Å². The van der Waals surface area contributed by atoms with Crippen molar-refractivity contribution in [2.45, 2.75) is 77.2 Å². The van der Waals surface area contributed by atoms with Gasteiger partial charge in [0.05, 0.1) is 4.90 Å². The fraction of sp³-hybridized carbons (Fsp3) is 0.650. The summed E-state index contributed by atoms with van der Waals surface area (Å²) in [7, 11) is 0.134. The summed E-state index contributed by atoms with van der Waals surface area (Å²) in [5, 5.41) is 0. The summed E-state index contributed by atoms with van der Waals surface area (Å²) in [6.45, 7) is 6.90. The zero-order valence-electron chi connectivity index (χ0n) is 17.0. The van der Waals surface area contributed by atoms with Crippen molar-refractivity contribution in [1.29, 1.82) is 0 Å². The quantitative estimate of drug-likeness (QED) is 0.577. The lowest BCUT2D eigenvalue weighted by Crippen LogP contribution is -2.30. The van der Waals surface area contributed by atoms with Gasteiger partial charge in [0.1, 0.15) is 0 Å². The summed E-state index contributed by atoms with van der Waals surface area (Å²) in [5.74, 6) is -0.428. The number of hydrogen-bond acceptors (Lipinski definition) is 4. The second kappa shape index (κ2) is 13.8. The van der Waals surface area contributed by atoms with Gasteiger partial charge in [-0.15, -0.1) is 0 Å². The van der Waals surface area contributed by atoms with Gasteiger partial charge in [-0.2, -0.15) is 0 Å². The predicted octanol–water partition coefficient (Wildman–Crippen LogP) is 4.33. The Bertz CT molecular complexity index is 596. The third-order valence-corrected chi connectivity index (χ3v) is 5.13. The molecule has 0 spiro atoms. The van der Waals surface area contributed by atoms with Gasteiger partial charge in [-0.3, -0.25) is 4.79 Å². The van der Waals surface area contributed by atoms with Crippen molar-refractivity contribution in [1.82, 2.24) is 9.62 Å². The van der Waals surface area contributed by atoms with Crippen LogP contribution in [0.1, 0.15) is 71.3 Å². The highest BCUT2D eigenvalue weighted by molar-refractivity contribution is 7.90.